The van der Waals surface area contributed by atoms with E-state index in [1.165, 1.54) is 16.4 Å². The third-order valence-electron chi connectivity index (χ3n) is 6.19. The molecule has 0 bridgehead atoms. The zero-order chi connectivity index (χ0) is 23.6. The van der Waals surface area contributed by atoms with Crippen LogP contribution in [0.5, 0.6) is 5.75 Å². The van der Waals surface area contributed by atoms with E-state index in [4.69, 9.17) is 4.74 Å². The molecule has 2 aliphatic rings. The molecule has 2 N–H and O–H groups in total. The van der Waals surface area contributed by atoms with Crippen molar-refractivity contribution < 1.29 is 22.7 Å². The number of anilines is 1. The first kappa shape index (κ1) is 23.3. The molecule has 0 unspecified atom stereocenters. The average Bonchev–Trinajstić information content (AvgIpc) is 2.82. The number of nitrogens with one attached hydrogen (secondary N) is 2. The lowest BCUT2D eigenvalue weighted by atomic mass is 9.97. The molecule has 1 saturated heterocycles. The summed E-state index contributed by atoms with van der Waals surface area (Å²) in [6.07, 6.45) is 0.874. The van der Waals surface area contributed by atoms with E-state index in [9.17, 15) is 18.0 Å². The molecule has 9 heteroatoms. The van der Waals surface area contributed by atoms with Crippen LogP contribution in [0.4, 0.5) is 5.69 Å². The lowest BCUT2D eigenvalue weighted by molar-refractivity contribution is -0.126. The molecule has 1 atom stereocenters. The van der Waals surface area contributed by atoms with Crippen LogP contribution < -0.4 is 15.4 Å². The summed E-state index contributed by atoms with van der Waals surface area (Å²) in [6.45, 7) is 4.85. The van der Waals surface area contributed by atoms with Crippen LogP contribution in [0, 0.1) is 12.8 Å². The standard InChI is InChI=1S/C24H29N3O5S/c1-3-21-24(29)26-20-14-19(8-9-22(20)32-21)33(30,31)27-12-10-18(11-13-27)23(28)25-15-17-6-4-16(2)5-7-17/h4-9,14,18,21H,3,10-13,15H2,1-2H3,(H,25,28)(H,26,29)/t21-/m1/s1. The number of nitrogens with zero attached hydrogens (tertiary/aromatic N) is 1. The van der Waals surface area contributed by atoms with E-state index in [1.54, 1.807) is 6.07 Å². The minimum Gasteiger partial charge on any atom is -0.478 e. The molecule has 2 aromatic carbocycles. The summed E-state index contributed by atoms with van der Waals surface area (Å²) < 4.78 is 33.4. The molecule has 2 aromatic rings. The Bertz CT molecular complexity index is 1140. The maximum absolute atomic E-state index is 13.2. The van der Waals surface area contributed by atoms with Gasteiger partial charge in [-0.2, -0.15) is 4.31 Å². The fraction of sp³-hybridized carbons (Fsp3) is 0.417. The Morgan fingerprint density at radius 3 is 2.52 bits per heavy atom. The molecule has 0 radical (unpaired) electrons. The van der Waals surface area contributed by atoms with Crippen LogP contribution >= 0.6 is 0 Å². The maximum atomic E-state index is 13.2. The van der Waals surface area contributed by atoms with Crippen LogP contribution in [0.15, 0.2) is 47.4 Å². The van der Waals surface area contributed by atoms with Crippen molar-refractivity contribution in [2.75, 3.05) is 18.4 Å². The summed E-state index contributed by atoms with van der Waals surface area (Å²) >= 11 is 0. The predicted molar refractivity (Wildman–Crippen MR) is 124 cm³/mol. The van der Waals surface area contributed by atoms with Crippen molar-refractivity contribution in [1.29, 1.82) is 0 Å². The minimum atomic E-state index is -3.75. The summed E-state index contributed by atoms with van der Waals surface area (Å²) in [7, 11) is -3.75. The topological polar surface area (TPSA) is 105 Å². The van der Waals surface area contributed by atoms with Crippen molar-refractivity contribution in [3.05, 3.63) is 53.6 Å². The van der Waals surface area contributed by atoms with Crippen LogP contribution in [0.2, 0.25) is 0 Å². The number of amides is 2. The van der Waals surface area contributed by atoms with E-state index in [0.29, 0.717) is 37.2 Å². The van der Waals surface area contributed by atoms with Crippen molar-refractivity contribution >= 4 is 27.5 Å². The van der Waals surface area contributed by atoms with E-state index in [-0.39, 0.29) is 35.7 Å². The van der Waals surface area contributed by atoms with Crippen molar-refractivity contribution in [3.8, 4) is 5.75 Å². The Labute approximate surface area is 194 Å². The average molecular weight is 472 g/mol. The first-order chi connectivity index (χ1) is 15.8. The number of fused-ring (bicyclic) bond motifs is 1. The first-order valence-corrected chi connectivity index (χ1v) is 12.7. The van der Waals surface area contributed by atoms with Gasteiger partial charge in [-0.25, -0.2) is 8.42 Å². The summed E-state index contributed by atoms with van der Waals surface area (Å²) in [5.41, 5.74) is 2.55. The fourth-order valence-electron chi connectivity index (χ4n) is 4.11. The Hall–Kier alpha value is -2.91. The van der Waals surface area contributed by atoms with Gasteiger partial charge in [-0.1, -0.05) is 36.8 Å². The molecule has 0 spiro atoms. The van der Waals surface area contributed by atoms with Crippen LogP contribution in [0.3, 0.4) is 0 Å². The number of hydrogen-bond acceptors (Lipinski definition) is 5. The van der Waals surface area contributed by atoms with Crippen LogP contribution in [-0.2, 0) is 26.2 Å². The third kappa shape index (κ3) is 5.04. The van der Waals surface area contributed by atoms with Crippen molar-refractivity contribution in [1.82, 2.24) is 9.62 Å². The van der Waals surface area contributed by atoms with E-state index in [0.717, 1.165) is 11.1 Å². The Kier molecular flexibility index (Phi) is 6.71. The second-order valence-electron chi connectivity index (χ2n) is 8.54. The molecule has 2 heterocycles. The number of benzene rings is 2. The zero-order valence-corrected chi connectivity index (χ0v) is 19.7. The number of ether oxygens (including phenoxy) is 1. The van der Waals surface area contributed by atoms with Gasteiger partial charge in [-0.3, -0.25) is 9.59 Å². The SMILES string of the molecule is CC[C@H]1Oc2ccc(S(=O)(=O)N3CCC(C(=O)NCc4ccc(C)cc4)CC3)cc2NC1=O. The quantitative estimate of drug-likeness (QED) is 0.674. The van der Waals surface area contributed by atoms with Crippen LogP contribution in [0.1, 0.15) is 37.3 Å². The maximum Gasteiger partial charge on any atom is 0.265 e. The molecule has 176 valence electrons. The normalized spacial score (nSPS) is 19.3. The van der Waals surface area contributed by atoms with Crippen LogP contribution in [-0.4, -0.2) is 43.7 Å². The number of hydrogen-bond donors (Lipinski definition) is 2. The highest BCUT2D eigenvalue weighted by molar-refractivity contribution is 7.89. The highest BCUT2D eigenvalue weighted by atomic mass is 32.2. The second kappa shape index (κ2) is 9.52. The molecule has 0 aliphatic carbocycles. The molecule has 0 aromatic heterocycles. The van der Waals surface area contributed by atoms with E-state index < -0.39 is 16.1 Å². The number of carbonyl (C=O) groups is 2. The molecule has 2 amide bonds. The first-order valence-electron chi connectivity index (χ1n) is 11.2. The number of aryl methyl sites for hydroxylation is 1. The second-order valence-corrected chi connectivity index (χ2v) is 10.5. The molecule has 2 aliphatic heterocycles. The van der Waals surface area contributed by atoms with E-state index >= 15 is 0 Å². The molecule has 1 fully saturated rings. The Morgan fingerprint density at radius 2 is 1.85 bits per heavy atom. The van der Waals surface area contributed by atoms with Gasteiger partial charge >= 0.3 is 0 Å². The number of rotatable bonds is 6. The Balaban J connectivity index is 1.36. The van der Waals surface area contributed by atoms with Gasteiger partial charge in [0.1, 0.15) is 5.75 Å². The lowest BCUT2D eigenvalue weighted by Crippen LogP contribution is -2.43. The smallest absolute Gasteiger partial charge is 0.265 e. The Morgan fingerprint density at radius 1 is 1.15 bits per heavy atom. The predicted octanol–water partition coefficient (Wildman–Crippen LogP) is 2.82. The zero-order valence-electron chi connectivity index (χ0n) is 18.8. The number of piperidine rings is 1. The monoisotopic (exact) mass is 471 g/mol. The number of carbonyl (C=O) groups excluding carboxylic acids is 2. The van der Waals surface area contributed by atoms with Crippen LogP contribution in [0.25, 0.3) is 0 Å². The third-order valence-corrected chi connectivity index (χ3v) is 8.09. The van der Waals surface area contributed by atoms with E-state index in [2.05, 4.69) is 10.6 Å². The van der Waals surface area contributed by atoms with E-state index in [1.807, 2.05) is 38.1 Å². The summed E-state index contributed by atoms with van der Waals surface area (Å²) in [6, 6.07) is 12.5. The molecular weight excluding hydrogens is 442 g/mol. The summed E-state index contributed by atoms with van der Waals surface area (Å²) in [5, 5.41) is 5.69. The van der Waals surface area contributed by atoms with Gasteiger partial charge < -0.3 is 15.4 Å². The molecular formula is C24H29N3O5S. The van der Waals surface area contributed by atoms with Crippen molar-refractivity contribution in [3.63, 3.8) is 0 Å². The van der Waals surface area contributed by atoms with Gasteiger partial charge in [-0.05, 0) is 49.9 Å². The molecule has 8 nitrogen and oxygen atoms in total. The highest BCUT2D eigenvalue weighted by Gasteiger charge is 2.33. The summed E-state index contributed by atoms with van der Waals surface area (Å²) in [5.74, 6) is -0.0859. The van der Waals surface area contributed by atoms with Crippen molar-refractivity contribution in [2.24, 2.45) is 5.92 Å². The van der Waals surface area contributed by atoms with Gasteiger partial charge in [0, 0.05) is 25.6 Å². The lowest BCUT2D eigenvalue weighted by Gasteiger charge is -2.31. The highest BCUT2D eigenvalue weighted by Crippen LogP contribution is 2.34. The van der Waals surface area contributed by atoms with Gasteiger partial charge in [0.05, 0.1) is 10.6 Å². The number of sulfonamides is 1. The fourth-order valence-corrected chi connectivity index (χ4v) is 5.60. The van der Waals surface area contributed by atoms with Crippen molar-refractivity contribution in [2.45, 2.75) is 50.7 Å². The van der Waals surface area contributed by atoms with Gasteiger partial charge in [0.25, 0.3) is 5.91 Å². The van der Waals surface area contributed by atoms with Gasteiger partial charge in [0.2, 0.25) is 15.9 Å². The molecule has 33 heavy (non-hydrogen) atoms. The molecule has 0 saturated carbocycles. The minimum absolute atomic E-state index is 0.0493. The largest absolute Gasteiger partial charge is 0.478 e. The molecule has 4 rings (SSSR count). The van der Waals surface area contributed by atoms with Gasteiger partial charge in [-0.15, -0.1) is 0 Å². The summed E-state index contributed by atoms with van der Waals surface area (Å²) in [4.78, 5) is 24.7. The van der Waals surface area contributed by atoms with Gasteiger partial charge in [0.15, 0.2) is 6.10 Å².